The van der Waals surface area contributed by atoms with E-state index in [4.69, 9.17) is 16.3 Å². The van der Waals surface area contributed by atoms with E-state index in [2.05, 4.69) is 44.5 Å². The number of hydrogen-bond acceptors (Lipinski definition) is 5. The number of benzene rings is 1. The van der Waals surface area contributed by atoms with Crippen LogP contribution in [0.15, 0.2) is 47.4 Å². The number of aromatic nitrogens is 2. The van der Waals surface area contributed by atoms with Crippen LogP contribution in [0.4, 0.5) is 11.5 Å². The fraction of sp³-hybridized carbons (Fsp3) is 0.417. The Morgan fingerprint density at radius 2 is 1.81 bits per heavy atom. The molecule has 3 aromatic rings. The molecule has 2 fully saturated rings. The van der Waals surface area contributed by atoms with E-state index in [1.165, 1.54) is 31.2 Å². The lowest BCUT2D eigenvalue weighted by molar-refractivity contribution is 0.00730. The molecule has 1 aromatic carbocycles. The van der Waals surface area contributed by atoms with E-state index < -0.39 is 0 Å². The van der Waals surface area contributed by atoms with Crippen LogP contribution >= 0.6 is 11.6 Å². The molecule has 2 aromatic heterocycles. The number of anilines is 2. The Labute approximate surface area is 186 Å². The molecule has 162 valence electrons. The van der Waals surface area contributed by atoms with Gasteiger partial charge in [0.25, 0.3) is 5.56 Å². The quantitative estimate of drug-likeness (QED) is 0.579. The minimum atomic E-state index is -0.183. The maximum Gasteiger partial charge on any atom is 0.259 e. The van der Waals surface area contributed by atoms with E-state index in [1.54, 1.807) is 12.3 Å². The Morgan fingerprint density at radius 1 is 1.06 bits per heavy atom. The zero-order valence-corrected chi connectivity index (χ0v) is 18.2. The summed E-state index contributed by atoms with van der Waals surface area (Å²) >= 11 is 6.16. The number of halogens is 1. The van der Waals surface area contributed by atoms with Gasteiger partial charge in [-0.3, -0.25) is 9.69 Å². The van der Waals surface area contributed by atoms with Gasteiger partial charge in [0.05, 0.1) is 18.6 Å². The summed E-state index contributed by atoms with van der Waals surface area (Å²) < 4.78 is 5.49. The molecule has 2 N–H and O–H groups in total. The Bertz CT molecular complexity index is 1100. The fourth-order valence-corrected chi connectivity index (χ4v) is 5.17. The molecular formula is C24H27ClN4O2. The number of hydrogen-bond donors (Lipinski definition) is 2. The number of fused-ring (bicyclic) bond motifs is 1. The van der Waals surface area contributed by atoms with Crippen LogP contribution in [-0.4, -0.2) is 47.2 Å². The van der Waals surface area contributed by atoms with E-state index in [-0.39, 0.29) is 5.56 Å². The van der Waals surface area contributed by atoms with Gasteiger partial charge in [-0.05, 0) is 66.8 Å². The fourth-order valence-electron chi connectivity index (χ4n) is 4.96. The molecule has 0 radical (unpaired) electrons. The van der Waals surface area contributed by atoms with Gasteiger partial charge in [0.2, 0.25) is 0 Å². The summed E-state index contributed by atoms with van der Waals surface area (Å²) in [7, 11) is 0. The van der Waals surface area contributed by atoms with Gasteiger partial charge < -0.3 is 15.0 Å². The summed E-state index contributed by atoms with van der Waals surface area (Å²) in [5.74, 6) is 1.09. The van der Waals surface area contributed by atoms with E-state index >= 15 is 0 Å². The average molecular weight is 439 g/mol. The maximum atomic E-state index is 12.3. The SMILES string of the molecule is O=c1[nH]ccc2cc(Cl)nc(Nc3ccc([C@H]4CC[C@H](N5CCOCC5)CC4)cc3)c12. The molecular weight excluding hydrogens is 412 g/mol. The number of rotatable bonds is 4. The third-order valence-corrected chi connectivity index (χ3v) is 6.82. The maximum absolute atomic E-state index is 12.3. The molecule has 0 spiro atoms. The molecule has 0 bridgehead atoms. The molecule has 7 heteroatoms. The predicted molar refractivity (Wildman–Crippen MR) is 124 cm³/mol. The summed E-state index contributed by atoms with van der Waals surface area (Å²) in [6, 6.07) is 12.8. The van der Waals surface area contributed by atoms with Crippen molar-refractivity contribution >= 4 is 33.9 Å². The molecule has 0 amide bonds. The van der Waals surface area contributed by atoms with Crippen molar-refractivity contribution in [3.05, 3.63) is 63.7 Å². The second kappa shape index (κ2) is 8.99. The lowest BCUT2D eigenvalue weighted by atomic mass is 9.81. The molecule has 1 aliphatic heterocycles. The molecule has 1 saturated carbocycles. The Morgan fingerprint density at radius 3 is 2.55 bits per heavy atom. The van der Waals surface area contributed by atoms with Crippen molar-refractivity contribution in [1.29, 1.82) is 0 Å². The van der Waals surface area contributed by atoms with Gasteiger partial charge in [-0.2, -0.15) is 0 Å². The van der Waals surface area contributed by atoms with Crippen molar-refractivity contribution < 1.29 is 4.74 Å². The van der Waals surface area contributed by atoms with Gasteiger partial charge >= 0.3 is 0 Å². The first kappa shape index (κ1) is 20.5. The highest BCUT2D eigenvalue weighted by Crippen LogP contribution is 2.35. The number of aromatic amines is 1. The number of H-pyrrole nitrogens is 1. The lowest BCUT2D eigenvalue weighted by Crippen LogP contribution is -2.44. The standard InChI is InChI=1S/C24H27ClN4O2/c25-21-15-18-9-10-26-24(30)22(18)23(28-21)27-19-5-1-16(2-6-19)17-3-7-20(8-4-17)29-11-13-31-14-12-29/h1-2,5-6,9-10,15,17,20H,3-4,7-8,11-14H2,(H,26,30)(H,27,28)/t17-,20-. The van der Waals surface area contributed by atoms with E-state index in [0.29, 0.717) is 28.3 Å². The Kier molecular flexibility index (Phi) is 5.94. The molecule has 1 aliphatic carbocycles. The topological polar surface area (TPSA) is 70.2 Å². The Hall–Kier alpha value is -2.41. The summed E-state index contributed by atoms with van der Waals surface area (Å²) in [5.41, 5.74) is 2.09. The van der Waals surface area contributed by atoms with Gasteiger partial charge in [0, 0.05) is 31.0 Å². The molecule has 0 unspecified atom stereocenters. The largest absolute Gasteiger partial charge is 0.379 e. The number of ether oxygens (including phenoxy) is 1. The first-order valence-corrected chi connectivity index (χ1v) is 11.4. The number of pyridine rings is 2. The van der Waals surface area contributed by atoms with Crippen LogP contribution in [0.1, 0.15) is 37.2 Å². The summed E-state index contributed by atoms with van der Waals surface area (Å²) in [4.78, 5) is 22.0. The Balaban J connectivity index is 1.27. The summed E-state index contributed by atoms with van der Waals surface area (Å²) in [5, 5.41) is 4.91. The first-order valence-electron chi connectivity index (χ1n) is 11.0. The number of nitrogens with one attached hydrogen (secondary N) is 2. The second-order valence-electron chi connectivity index (χ2n) is 8.47. The van der Waals surface area contributed by atoms with Gasteiger partial charge in [0.15, 0.2) is 0 Å². The van der Waals surface area contributed by atoms with Gasteiger partial charge in [-0.15, -0.1) is 0 Å². The van der Waals surface area contributed by atoms with Crippen LogP contribution in [0.3, 0.4) is 0 Å². The molecule has 2 aliphatic rings. The highest BCUT2D eigenvalue weighted by atomic mass is 35.5. The van der Waals surface area contributed by atoms with Crippen molar-refractivity contribution in [2.24, 2.45) is 0 Å². The monoisotopic (exact) mass is 438 g/mol. The first-order chi connectivity index (χ1) is 15.2. The predicted octanol–water partition coefficient (Wildman–Crippen LogP) is 4.68. The van der Waals surface area contributed by atoms with Crippen LogP contribution in [0.25, 0.3) is 10.8 Å². The number of morpholine rings is 1. The molecule has 6 nitrogen and oxygen atoms in total. The molecule has 1 saturated heterocycles. The zero-order chi connectivity index (χ0) is 21.2. The van der Waals surface area contributed by atoms with Gasteiger partial charge in [0.1, 0.15) is 11.0 Å². The molecule has 3 heterocycles. The normalized spacial score (nSPS) is 22.5. The van der Waals surface area contributed by atoms with Crippen LogP contribution in [0.2, 0.25) is 5.15 Å². The average Bonchev–Trinajstić information content (AvgIpc) is 2.80. The third-order valence-electron chi connectivity index (χ3n) is 6.63. The van der Waals surface area contributed by atoms with Gasteiger partial charge in [-0.25, -0.2) is 4.98 Å². The van der Waals surface area contributed by atoms with Crippen molar-refractivity contribution in [3.63, 3.8) is 0 Å². The van der Waals surface area contributed by atoms with E-state index in [0.717, 1.165) is 37.4 Å². The zero-order valence-electron chi connectivity index (χ0n) is 17.4. The van der Waals surface area contributed by atoms with Crippen LogP contribution in [0.5, 0.6) is 0 Å². The minimum Gasteiger partial charge on any atom is -0.379 e. The van der Waals surface area contributed by atoms with Crippen molar-refractivity contribution in [2.45, 2.75) is 37.6 Å². The highest BCUT2D eigenvalue weighted by Gasteiger charge is 2.27. The van der Waals surface area contributed by atoms with Crippen LogP contribution < -0.4 is 10.9 Å². The minimum absolute atomic E-state index is 0.183. The second-order valence-corrected chi connectivity index (χ2v) is 8.85. The van der Waals surface area contributed by atoms with Crippen molar-refractivity contribution in [1.82, 2.24) is 14.9 Å². The molecule has 5 rings (SSSR count). The summed E-state index contributed by atoms with van der Waals surface area (Å²) in [6.07, 6.45) is 6.58. The third kappa shape index (κ3) is 4.47. The van der Waals surface area contributed by atoms with E-state index in [1.807, 2.05) is 6.07 Å². The van der Waals surface area contributed by atoms with Crippen LogP contribution in [-0.2, 0) is 4.74 Å². The molecule has 31 heavy (non-hydrogen) atoms. The van der Waals surface area contributed by atoms with Crippen molar-refractivity contribution in [2.75, 3.05) is 31.6 Å². The van der Waals surface area contributed by atoms with E-state index in [9.17, 15) is 4.79 Å². The lowest BCUT2D eigenvalue weighted by Gasteiger charge is -2.38. The van der Waals surface area contributed by atoms with Gasteiger partial charge in [-0.1, -0.05) is 23.7 Å². The van der Waals surface area contributed by atoms with Crippen LogP contribution in [0, 0.1) is 0 Å². The molecule has 0 atom stereocenters. The highest BCUT2D eigenvalue weighted by molar-refractivity contribution is 6.30. The van der Waals surface area contributed by atoms with Crippen molar-refractivity contribution in [3.8, 4) is 0 Å². The smallest absolute Gasteiger partial charge is 0.259 e. The number of nitrogens with zero attached hydrogens (tertiary/aromatic N) is 2. The summed E-state index contributed by atoms with van der Waals surface area (Å²) in [6.45, 7) is 3.89.